The van der Waals surface area contributed by atoms with Gasteiger partial charge in [0.25, 0.3) is 0 Å². The van der Waals surface area contributed by atoms with Crippen molar-refractivity contribution in [2.24, 2.45) is 0 Å². The van der Waals surface area contributed by atoms with Crippen LogP contribution in [0.5, 0.6) is 0 Å². The van der Waals surface area contributed by atoms with Gasteiger partial charge in [-0.2, -0.15) is 0 Å². The number of hydrogen-bond acceptors (Lipinski definition) is 7. The van der Waals surface area contributed by atoms with Crippen LogP contribution in [-0.4, -0.2) is 28.3 Å². The molecule has 0 fully saturated rings. The van der Waals surface area contributed by atoms with Crippen LogP contribution >= 0.6 is 23.1 Å². The van der Waals surface area contributed by atoms with Gasteiger partial charge in [-0.1, -0.05) is 11.8 Å². The van der Waals surface area contributed by atoms with Crippen molar-refractivity contribution in [3.8, 4) is 0 Å². The first kappa shape index (κ1) is 13.1. The van der Waals surface area contributed by atoms with Crippen LogP contribution in [-0.2, 0) is 6.54 Å². The lowest BCUT2D eigenvalue weighted by Gasteiger charge is -2.07. The van der Waals surface area contributed by atoms with Crippen LogP contribution < -0.4 is 10.6 Å². The van der Waals surface area contributed by atoms with Crippen LogP contribution in [0, 0.1) is 6.92 Å². The Morgan fingerprint density at radius 2 is 2.06 bits per heavy atom. The Bertz CT molecular complexity index is 504. The van der Waals surface area contributed by atoms with Gasteiger partial charge in [0.15, 0.2) is 5.16 Å². The van der Waals surface area contributed by atoms with Gasteiger partial charge in [-0.3, -0.25) is 0 Å². The minimum absolute atomic E-state index is 0.679. The first-order chi connectivity index (χ1) is 8.71. The number of rotatable bonds is 5. The summed E-state index contributed by atoms with van der Waals surface area (Å²) >= 11 is 3.18. The van der Waals surface area contributed by atoms with Crippen LogP contribution in [0.25, 0.3) is 0 Å². The molecule has 5 nitrogen and oxygen atoms in total. The van der Waals surface area contributed by atoms with Crippen molar-refractivity contribution in [1.29, 1.82) is 0 Å². The van der Waals surface area contributed by atoms with Crippen molar-refractivity contribution in [1.82, 2.24) is 15.0 Å². The van der Waals surface area contributed by atoms with Crippen molar-refractivity contribution < 1.29 is 0 Å². The van der Waals surface area contributed by atoms with Crippen LogP contribution in [0.2, 0.25) is 0 Å². The van der Waals surface area contributed by atoms with E-state index in [4.69, 9.17) is 0 Å². The Kier molecular flexibility index (Phi) is 4.38. The van der Waals surface area contributed by atoms with Crippen molar-refractivity contribution in [2.45, 2.75) is 18.6 Å². The molecule has 0 saturated carbocycles. The maximum absolute atomic E-state index is 4.40. The molecule has 2 N–H and O–H groups in total. The summed E-state index contributed by atoms with van der Waals surface area (Å²) in [7, 11) is 1.85. The summed E-state index contributed by atoms with van der Waals surface area (Å²) in [6.07, 6.45) is 1.96. The fourth-order valence-electron chi connectivity index (χ4n) is 1.41. The molecule has 18 heavy (non-hydrogen) atoms. The summed E-state index contributed by atoms with van der Waals surface area (Å²) in [5.74, 6) is 1.62. The van der Waals surface area contributed by atoms with Gasteiger partial charge >= 0.3 is 0 Å². The molecule has 2 aromatic rings. The molecule has 0 unspecified atom stereocenters. The summed E-state index contributed by atoms with van der Waals surface area (Å²) in [5.41, 5.74) is 1.04. The quantitative estimate of drug-likeness (QED) is 0.649. The highest BCUT2D eigenvalue weighted by Crippen LogP contribution is 2.17. The minimum Gasteiger partial charge on any atom is -0.373 e. The average Bonchev–Trinajstić information content (AvgIpc) is 2.81. The number of nitrogens with zero attached hydrogens (tertiary/aromatic N) is 3. The molecule has 0 atom stereocenters. The van der Waals surface area contributed by atoms with E-state index in [2.05, 4.69) is 31.0 Å². The van der Waals surface area contributed by atoms with Gasteiger partial charge in [-0.05, 0) is 13.2 Å². The number of thioether (sulfide) groups is 1. The van der Waals surface area contributed by atoms with Crippen molar-refractivity contribution in [2.75, 3.05) is 23.9 Å². The minimum atomic E-state index is 0.679. The molecular formula is C11H15N5S2. The molecule has 2 heterocycles. The van der Waals surface area contributed by atoms with Gasteiger partial charge in [0, 0.05) is 18.5 Å². The van der Waals surface area contributed by atoms with Crippen molar-refractivity contribution in [3.63, 3.8) is 0 Å². The summed E-state index contributed by atoms with van der Waals surface area (Å²) in [6, 6.07) is 1.89. The zero-order valence-corrected chi connectivity index (χ0v) is 12.2. The third-order valence-corrected chi connectivity index (χ3v) is 3.63. The Morgan fingerprint density at radius 3 is 2.67 bits per heavy atom. The fraction of sp³-hybridized carbons (Fsp3) is 0.364. The van der Waals surface area contributed by atoms with Gasteiger partial charge < -0.3 is 10.6 Å². The number of hydrogen-bond donors (Lipinski definition) is 2. The second kappa shape index (κ2) is 6.01. The molecule has 0 saturated heterocycles. The molecule has 96 valence electrons. The van der Waals surface area contributed by atoms with Crippen molar-refractivity contribution >= 4 is 34.7 Å². The third-order valence-electron chi connectivity index (χ3n) is 2.26. The van der Waals surface area contributed by atoms with E-state index in [0.717, 1.165) is 27.5 Å². The topological polar surface area (TPSA) is 62.7 Å². The predicted octanol–water partition coefficient (Wildman–Crippen LogP) is 2.62. The molecule has 2 rings (SSSR count). The van der Waals surface area contributed by atoms with Gasteiger partial charge in [0.1, 0.15) is 11.6 Å². The van der Waals surface area contributed by atoms with Gasteiger partial charge in [0.2, 0.25) is 0 Å². The van der Waals surface area contributed by atoms with E-state index in [-0.39, 0.29) is 0 Å². The highest BCUT2D eigenvalue weighted by Gasteiger charge is 2.04. The summed E-state index contributed by atoms with van der Waals surface area (Å²) in [4.78, 5) is 13.1. The molecule has 2 aromatic heterocycles. The molecule has 0 amide bonds. The van der Waals surface area contributed by atoms with E-state index >= 15 is 0 Å². The number of nitrogens with one attached hydrogen (secondary N) is 2. The van der Waals surface area contributed by atoms with E-state index in [0.29, 0.717) is 6.54 Å². The lowest BCUT2D eigenvalue weighted by Crippen LogP contribution is -2.04. The summed E-state index contributed by atoms with van der Waals surface area (Å²) in [6.45, 7) is 2.68. The normalized spacial score (nSPS) is 10.4. The van der Waals surface area contributed by atoms with Gasteiger partial charge in [-0.25, -0.2) is 15.0 Å². The molecule has 0 spiro atoms. The monoisotopic (exact) mass is 281 g/mol. The van der Waals surface area contributed by atoms with E-state index in [1.165, 1.54) is 11.8 Å². The Morgan fingerprint density at radius 1 is 1.28 bits per heavy atom. The SMILES string of the molecule is CNc1cc(NCc2csc(C)n2)nc(SC)n1. The molecule has 0 aromatic carbocycles. The van der Waals surface area contributed by atoms with Crippen molar-refractivity contribution in [3.05, 3.63) is 22.1 Å². The van der Waals surface area contributed by atoms with Crippen LogP contribution in [0.4, 0.5) is 11.6 Å². The smallest absolute Gasteiger partial charge is 0.191 e. The Labute approximate surface area is 114 Å². The summed E-state index contributed by atoms with van der Waals surface area (Å²) < 4.78 is 0. The molecular weight excluding hydrogens is 266 g/mol. The zero-order chi connectivity index (χ0) is 13.0. The first-order valence-corrected chi connectivity index (χ1v) is 7.57. The standard InChI is InChI=1S/C11H15N5S2/c1-7-14-8(6-18-7)5-13-10-4-9(12-2)15-11(16-10)17-3/h4,6H,5H2,1-3H3,(H2,12,13,15,16). The predicted molar refractivity (Wildman–Crippen MR) is 77.5 cm³/mol. The highest BCUT2D eigenvalue weighted by atomic mass is 32.2. The molecule has 0 aliphatic rings. The lowest BCUT2D eigenvalue weighted by atomic mass is 10.4. The third kappa shape index (κ3) is 3.33. The number of thiazole rings is 1. The second-order valence-corrected chi connectivity index (χ2v) is 5.42. The Hall–Kier alpha value is -1.34. The molecule has 0 bridgehead atoms. The Balaban J connectivity index is 2.08. The van der Waals surface area contributed by atoms with Crippen LogP contribution in [0.15, 0.2) is 16.6 Å². The van der Waals surface area contributed by atoms with Crippen LogP contribution in [0.1, 0.15) is 10.7 Å². The second-order valence-electron chi connectivity index (χ2n) is 3.59. The van der Waals surface area contributed by atoms with Crippen LogP contribution in [0.3, 0.4) is 0 Å². The number of anilines is 2. The first-order valence-electron chi connectivity index (χ1n) is 5.47. The maximum atomic E-state index is 4.40. The maximum Gasteiger partial charge on any atom is 0.191 e. The van der Waals surface area contributed by atoms with Gasteiger partial charge in [0.05, 0.1) is 17.2 Å². The zero-order valence-electron chi connectivity index (χ0n) is 10.5. The summed E-state index contributed by atoms with van der Waals surface area (Å²) in [5, 5.41) is 10.2. The van der Waals surface area contributed by atoms with E-state index in [1.807, 2.05) is 26.3 Å². The molecule has 7 heteroatoms. The lowest BCUT2D eigenvalue weighted by molar-refractivity contribution is 0.949. The van der Waals surface area contributed by atoms with E-state index in [9.17, 15) is 0 Å². The molecule has 0 radical (unpaired) electrons. The molecule has 0 aliphatic heterocycles. The highest BCUT2D eigenvalue weighted by molar-refractivity contribution is 7.98. The average molecular weight is 281 g/mol. The van der Waals surface area contributed by atoms with Gasteiger partial charge in [-0.15, -0.1) is 11.3 Å². The molecule has 0 aliphatic carbocycles. The van der Waals surface area contributed by atoms with E-state index in [1.54, 1.807) is 11.3 Å². The largest absolute Gasteiger partial charge is 0.373 e. The number of aromatic nitrogens is 3. The van der Waals surface area contributed by atoms with E-state index < -0.39 is 0 Å². The number of aryl methyl sites for hydroxylation is 1. The fourth-order valence-corrected chi connectivity index (χ4v) is 2.40.